The first kappa shape index (κ1) is 18.4. The summed E-state index contributed by atoms with van der Waals surface area (Å²) in [5.41, 5.74) is 3.37. The van der Waals surface area contributed by atoms with Crippen LogP contribution in [0.4, 0.5) is 0 Å². The molecule has 4 rings (SSSR count). The van der Waals surface area contributed by atoms with Crippen LogP contribution < -0.4 is 0 Å². The number of imidazole rings is 1. The van der Waals surface area contributed by atoms with Crippen LogP contribution in [0.3, 0.4) is 0 Å². The molecule has 1 saturated heterocycles. The summed E-state index contributed by atoms with van der Waals surface area (Å²) in [6, 6.07) is 6.63. The van der Waals surface area contributed by atoms with Gasteiger partial charge in [-0.1, -0.05) is 6.07 Å². The van der Waals surface area contributed by atoms with Crippen molar-refractivity contribution in [3.05, 3.63) is 41.7 Å². The van der Waals surface area contributed by atoms with E-state index in [2.05, 4.69) is 34.7 Å². The molecular formula is C21H24N4O3. The molecule has 1 fully saturated rings. The maximum atomic E-state index is 12.5. The van der Waals surface area contributed by atoms with Crippen molar-refractivity contribution in [3.63, 3.8) is 0 Å². The van der Waals surface area contributed by atoms with Gasteiger partial charge in [-0.25, -0.2) is 4.98 Å². The molecule has 28 heavy (non-hydrogen) atoms. The van der Waals surface area contributed by atoms with Gasteiger partial charge in [0.2, 0.25) is 5.91 Å². The van der Waals surface area contributed by atoms with Crippen LogP contribution in [-0.2, 0) is 14.4 Å². The molecule has 7 heteroatoms. The van der Waals surface area contributed by atoms with Crippen LogP contribution in [0.15, 0.2) is 30.4 Å². The van der Waals surface area contributed by atoms with E-state index >= 15 is 0 Å². The number of hydrogen-bond donors (Lipinski definition) is 0. The average Bonchev–Trinajstić information content (AvgIpc) is 3.18. The van der Waals surface area contributed by atoms with Crippen molar-refractivity contribution < 1.29 is 14.4 Å². The second kappa shape index (κ2) is 7.22. The van der Waals surface area contributed by atoms with Crippen LogP contribution in [0.2, 0.25) is 0 Å². The first-order chi connectivity index (χ1) is 13.4. The molecule has 7 nitrogen and oxygen atoms in total. The minimum atomic E-state index is -0.339. The number of likely N-dealkylation sites (tertiary alicyclic amines) is 1. The molecular weight excluding hydrogens is 356 g/mol. The fourth-order valence-electron chi connectivity index (χ4n) is 4.17. The van der Waals surface area contributed by atoms with E-state index in [-0.39, 0.29) is 30.7 Å². The van der Waals surface area contributed by atoms with Crippen LogP contribution in [0, 0.1) is 13.8 Å². The van der Waals surface area contributed by atoms with Crippen molar-refractivity contribution in [2.45, 2.75) is 39.2 Å². The summed E-state index contributed by atoms with van der Waals surface area (Å²) < 4.78 is 2.30. The average molecular weight is 380 g/mol. The number of carbonyl (C=O) groups excluding carboxylic acids is 3. The lowest BCUT2D eigenvalue weighted by atomic mass is 10.0. The van der Waals surface area contributed by atoms with E-state index in [1.54, 1.807) is 0 Å². The Morgan fingerprint density at radius 1 is 1.11 bits per heavy atom. The molecule has 0 radical (unpaired) electrons. The van der Waals surface area contributed by atoms with E-state index < -0.39 is 0 Å². The molecule has 3 heterocycles. The Hall–Kier alpha value is -2.96. The zero-order valence-corrected chi connectivity index (χ0v) is 16.2. The lowest BCUT2D eigenvalue weighted by Gasteiger charge is -2.33. The fourth-order valence-corrected chi connectivity index (χ4v) is 4.17. The zero-order valence-electron chi connectivity index (χ0n) is 16.2. The van der Waals surface area contributed by atoms with E-state index in [1.807, 2.05) is 11.8 Å². The summed E-state index contributed by atoms with van der Waals surface area (Å²) in [4.78, 5) is 43.4. The number of piperidine rings is 1. The van der Waals surface area contributed by atoms with Gasteiger partial charge in [-0.2, -0.15) is 0 Å². The lowest BCUT2D eigenvalue weighted by molar-refractivity contribution is -0.138. The molecule has 0 aliphatic carbocycles. The highest BCUT2D eigenvalue weighted by molar-refractivity contribution is 6.13. The van der Waals surface area contributed by atoms with Gasteiger partial charge in [-0.05, 0) is 44.4 Å². The SMILES string of the molecule is Cc1ccc2nc(C)n(C3CCN(C(=O)CCN4C(=O)C=CC4=O)CC3)c2c1. The number of carbonyl (C=O) groups is 3. The third kappa shape index (κ3) is 3.32. The maximum absolute atomic E-state index is 12.5. The molecule has 0 unspecified atom stereocenters. The topological polar surface area (TPSA) is 75.5 Å². The van der Waals surface area contributed by atoms with Crippen molar-refractivity contribution >= 4 is 28.8 Å². The van der Waals surface area contributed by atoms with Crippen LogP contribution in [0.25, 0.3) is 11.0 Å². The first-order valence-corrected chi connectivity index (χ1v) is 9.70. The molecule has 2 aliphatic rings. The Kier molecular flexibility index (Phi) is 4.75. The number of aryl methyl sites for hydroxylation is 2. The van der Waals surface area contributed by atoms with Gasteiger partial charge in [-0.3, -0.25) is 19.3 Å². The normalized spacial score (nSPS) is 17.9. The Morgan fingerprint density at radius 3 is 2.46 bits per heavy atom. The zero-order chi connectivity index (χ0) is 19.8. The first-order valence-electron chi connectivity index (χ1n) is 9.70. The Morgan fingerprint density at radius 2 is 1.79 bits per heavy atom. The number of imide groups is 1. The fraction of sp³-hybridized carbons (Fsp3) is 0.429. The van der Waals surface area contributed by atoms with Crippen molar-refractivity contribution in [3.8, 4) is 0 Å². The van der Waals surface area contributed by atoms with Gasteiger partial charge in [0, 0.05) is 44.2 Å². The van der Waals surface area contributed by atoms with Crippen molar-refractivity contribution in [1.29, 1.82) is 0 Å². The summed E-state index contributed by atoms with van der Waals surface area (Å²) in [6.45, 7) is 5.61. The van der Waals surface area contributed by atoms with Crippen molar-refractivity contribution in [2.24, 2.45) is 0 Å². The monoisotopic (exact) mass is 380 g/mol. The van der Waals surface area contributed by atoms with Gasteiger partial charge in [0.25, 0.3) is 11.8 Å². The molecule has 0 bridgehead atoms. The Balaban J connectivity index is 1.38. The maximum Gasteiger partial charge on any atom is 0.253 e. The van der Waals surface area contributed by atoms with Gasteiger partial charge in [0.1, 0.15) is 5.82 Å². The summed E-state index contributed by atoms with van der Waals surface area (Å²) in [6.07, 6.45) is 4.41. The molecule has 1 aromatic heterocycles. The number of hydrogen-bond acceptors (Lipinski definition) is 4. The smallest absolute Gasteiger partial charge is 0.253 e. The quantitative estimate of drug-likeness (QED) is 0.762. The molecule has 2 aliphatic heterocycles. The van der Waals surface area contributed by atoms with Gasteiger partial charge in [0.15, 0.2) is 0 Å². The standard InChI is InChI=1S/C21H24N4O3/c1-14-3-4-17-18(13-14)25(15(2)22-17)16-7-10-23(11-8-16)19(26)9-12-24-20(27)5-6-21(24)28/h3-6,13,16H,7-12H2,1-2H3. The second-order valence-electron chi connectivity index (χ2n) is 7.54. The van der Waals surface area contributed by atoms with Crippen LogP contribution in [-0.4, -0.2) is 56.7 Å². The molecule has 3 amide bonds. The third-order valence-corrected chi connectivity index (χ3v) is 5.65. The summed E-state index contributed by atoms with van der Waals surface area (Å²) in [5.74, 6) is 0.321. The van der Waals surface area contributed by atoms with E-state index in [1.165, 1.54) is 17.7 Å². The molecule has 0 N–H and O–H groups in total. The largest absolute Gasteiger partial charge is 0.342 e. The van der Waals surface area contributed by atoms with Crippen LogP contribution in [0.1, 0.15) is 36.7 Å². The second-order valence-corrected chi connectivity index (χ2v) is 7.54. The van der Waals surface area contributed by atoms with E-state index in [9.17, 15) is 14.4 Å². The third-order valence-electron chi connectivity index (χ3n) is 5.65. The number of nitrogens with zero attached hydrogens (tertiary/aromatic N) is 4. The molecule has 0 spiro atoms. The van der Waals surface area contributed by atoms with Gasteiger partial charge in [0.05, 0.1) is 11.0 Å². The molecule has 0 saturated carbocycles. The number of benzene rings is 1. The predicted molar refractivity (Wildman–Crippen MR) is 105 cm³/mol. The van der Waals surface area contributed by atoms with E-state index in [4.69, 9.17) is 0 Å². The van der Waals surface area contributed by atoms with Crippen LogP contribution >= 0.6 is 0 Å². The minimum absolute atomic E-state index is 0.00555. The highest BCUT2D eigenvalue weighted by Crippen LogP contribution is 2.29. The van der Waals surface area contributed by atoms with Crippen molar-refractivity contribution in [2.75, 3.05) is 19.6 Å². The minimum Gasteiger partial charge on any atom is -0.342 e. The summed E-state index contributed by atoms with van der Waals surface area (Å²) >= 11 is 0. The lowest BCUT2D eigenvalue weighted by Crippen LogP contribution is -2.41. The number of fused-ring (bicyclic) bond motifs is 1. The number of amides is 3. The number of aromatic nitrogens is 2. The Bertz CT molecular complexity index is 965. The highest BCUT2D eigenvalue weighted by Gasteiger charge is 2.28. The van der Waals surface area contributed by atoms with Crippen LogP contribution in [0.5, 0.6) is 0 Å². The van der Waals surface area contributed by atoms with Crippen molar-refractivity contribution in [1.82, 2.24) is 19.4 Å². The number of rotatable bonds is 4. The van der Waals surface area contributed by atoms with E-state index in [0.29, 0.717) is 19.1 Å². The summed E-state index contributed by atoms with van der Waals surface area (Å²) in [7, 11) is 0. The van der Waals surface area contributed by atoms with E-state index in [0.717, 1.165) is 34.6 Å². The van der Waals surface area contributed by atoms with Gasteiger partial charge in [-0.15, -0.1) is 0 Å². The molecule has 1 aromatic carbocycles. The highest BCUT2D eigenvalue weighted by atomic mass is 16.2. The van der Waals surface area contributed by atoms with Gasteiger partial charge >= 0.3 is 0 Å². The Labute approximate surface area is 163 Å². The molecule has 2 aromatic rings. The summed E-state index contributed by atoms with van der Waals surface area (Å²) in [5, 5.41) is 0. The van der Waals surface area contributed by atoms with Gasteiger partial charge < -0.3 is 9.47 Å². The predicted octanol–water partition coefficient (Wildman–Crippen LogP) is 2.13. The molecule has 146 valence electrons. The molecule has 0 atom stereocenters.